The average molecular weight is 251 g/mol. The van der Waals surface area contributed by atoms with Crippen molar-refractivity contribution in [1.82, 2.24) is 4.57 Å². The summed E-state index contributed by atoms with van der Waals surface area (Å²) in [5.41, 5.74) is 3.19. The van der Waals surface area contributed by atoms with Crippen molar-refractivity contribution in [2.24, 2.45) is 0 Å². The van der Waals surface area contributed by atoms with Crippen molar-refractivity contribution >= 4 is 28.2 Å². The van der Waals surface area contributed by atoms with Crippen LogP contribution in [0.3, 0.4) is 0 Å². The van der Waals surface area contributed by atoms with Gasteiger partial charge in [0.25, 0.3) is 5.69 Å². The van der Waals surface area contributed by atoms with E-state index in [2.05, 4.69) is 0 Å². The minimum atomic E-state index is -0.363. The Morgan fingerprint density at radius 2 is 2.29 bits per heavy atom. The molecule has 0 aliphatic heterocycles. The van der Waals surface area contributed by atoms with Crippen LogP contribution >= 0.6 is 11.6 Å². The normalized spacial score (nSPS) is 12.0. The zero-order valence-corrected chi connectivity index (χ0v) is 10.0. The van der Waals surface area contributed by atoms with Gasteiger partial charge in [-0.05, 0) is 18.6 Å². The van der Waals surface area contributed by atoms with Crippen LogP contribution in [0.2, 0.25) is 0 Å². The van der Waals surface area contributed by atoms with Crippen molar-refractivity contribution in [2.45, 2.75) is 13.5 Å². The molecule has 0 fully saturated rings. The van der Waals surface area contributed by atoms with Crippen LogP contribution in [0.5, 0.6) is 0 Å². The van der Waals surface area contributed by atoms with Crippen molar-refractivity contribution < 1.29 is 4.92 Å². The molecule has 0 saturated carbocycles. The molecule has 0 spiro atoms. The lowest BCUT2D eigenvalue weighted by Gasteiger charge is -2.05. The van der Waals surface area contributed by atoms with Gasteiger partial charge in [-0.1, -0.05) is 23.7 Å². The first-order valence-electron chi connectivity index (χ1n) is 5.11. The number of rotatable bonds is 3. The molecule has 0 aliphatic rings. The summed E-state index contributed by atoms with van der Waals surface area (Å²) in [6.45, 7) is 2.44. The minimum absolute atomic E-state index is 0.120. The molecular weight excluding hydrogens is 240 g/mol. The number of nitro groups is 1. The molecule has 0 aliphatic carbocycles. The van der Waals surface area contributed by atoms with Gasteiger partial charge < -0.3 is 4.57 Å². The van der Waals surface area contributed by atoms with Crippen LogP contribution in [0, 0.1) is 10.1 Å². The van der Waals surface area contributed by atoms with Crippen molar-refractivity contribution in [1.29, 1.82) is 0 Å². The van der Waals surface area contributed by atoms with E-state index in [1.165, 1.54) is 11.6 Å². The second kappa shape index (κ2) is 4.59. The molecule has 1 aromatic heterocycles. The molecule has 17 heavy (non-hydrogen) atoms. The molecule has 1 aromatic carbocycles. The number of para-hydroxylation sites is 1. The topological polar surface area (TPSA) is 48.1 Å². The molecule has 2 rings (SSSR count). The lowest BCUT2D eigenvalue weighted by atomic mass is 10.2. The molecule has 88 valence electrons. The number of non-ortho nitro benzene ring substituents is 1. The highest BCUT2D eigenvalue weighted by Crippen LogP contribution is 2.26. The summed E-state index contributed by atoms with van der Waals surface area (Å²) in [6.07, 6.45) is 1.83. The number of nitro benzene ring substituents is 1. The van der Waals surface area contributed by atoms with E-state index in [0.717, 1.165) is 11.0 Å². The van der Waals surface area contributed by atoms with Gasteiger partial charge in [0, 0.05) is 29.7 Å². The van der Waals surface area contributed by atoms with Crippen LogP contribution in [-0.2, 0) is 6.54 Å². The maximum absolute atomic E-state index is 11.0. The van der Waals surface area contributed by atoms with Gasteiger partial charge in [-0.15, -0.1) is 0 Å². The molecule has 2 aromatic rings. The summed E-state index contributed by atoms with van der Waals surface area (Å²) in [5, 5.41) is 11.8. The molecule has 0 radical (unpaired) electrons. The Hall–Kier alpha value is -1.81. The Balaban J connectivity index is 2.61. The van der Waals surface area contributed by atoms with Crippen LogP contribution < -0.4 is 0 Å². The van der Waals surface area contributed by atoms with E-state index in [1.54, 1.807) is 6.07 Å². The Bertz CT molecular complexity index is 602. The van der Waals surface area contributed by atoms with Gasteiger partial charge in [-0.2, -0.15) is 0 Å². The highest BCUT2D eigenvalue weighted by Gasteiger charge is 2.15. The number of hydrogen-bond donors (Lipinski definition) is 0. The smallest absolute Gasteiger partial charge is 0.293 e. The lowest BCUT2D eigenvalue weighted by Crippen LogP contribution is -1.99. The third-order valence-corrected chi connectivity index (χ3v) is 2.94. The van der Waals surface area contributed by atoms with Crippen molar-refractivity contribution in [2.75, 3.05) is 0 Å². The number of fused-ring (bicyclic) bond motifs is 1. The summed E-state index contributed by atoms with van der Waals surface area (Å²) in [6, 6.07) is 6.93. The molecule has 0 saturated heterocycles. The van der Waals surface area contributed by atoms with E-state index in [-0.39, 0.29) is 10.6 Å². The van der Waals surface area contributed by atoms with Crippen molar-refractivity contribution in [3.63, 3.8) is 0 Å². The van der Waals surface area contributed by atoms with E-state index in [0.29, 0.717) is 12.1 Å². The molecule has 0 bridgehead atoms. The minimum Gasteiger partial charge on any atom is -0.338 e. The van der Waals surface area contributed by atoms with Gasteiger partial charge in [0.05, 0.1) is 4.92 Å². The molecule has 0 amide bonds. The van der Waals surface area contributed by atoms with Gasteiger partial charge in [0.2, 0.25) is 0 Å². The van der Waals surface area contributed by atoms with E-state index < -0.39 is 0 Å². The van der Waals surface area contributed by atoms with Gasteiger partial charge in [0.15, 0.2) is 0 Å². The summed E-state index contributed by atoms with van der Waals surface area (Å²) >= 11 is 5.61. The molecule has 4 nitrogen and oxygen atoms in total. The first kappa shape index (κ1) is 11.7. The fourth-order valence-corrected chi connectivity index (χ4v) is 1.89. The number of aromatic nitrogens is 1. The quantitative estimate of drug-likeness (QED) is 0.616. The van der Waals surface area contributed by atoms with Crippen LogP contribution in [-0.4, -0.2) is 9.49 Å². The average Bonchev–Trinajstić information content (AvgIpc) is 2.72. The largest absolute Gasteiger partial charge is 0.338 e. The number of nitrogens with zero attached hydrogens (tertiary/aromatic N) is 2. The molecule has 0 unspecified atom stereocenters. The van der Waals surface area contributed by atoms with E-state index >= 15 is 0 Å². The van der Waals surface area contributed by atoms with E-state index in [4.69, 9.17) is 11.6 Å². The monoisotopic (exact) mass is 250 g/mol. The summed E-state index contributed by atoms with van der Waals surface area (Å²) in [5.74, 6) is 0. The summed E-state index contributed by atoms with van der Waals surface area (Å²) < 4.78 is 1.84. The third-order valence-electron chi connectivity index (χ3n) is 2.57. The number of benzene rings is 1. The second-order valence-electron chi connectivity index (χ2n) is 3.87. The zero-order chi connectivity index (χ0) is 12.4. The maximum Gasteiger partial charge on any atom is 0.293 e. The SMILES string of the molecule is C/C(=C/Cl)Cn1ccc2cccc([N+](=O)[O-])c21. The third kappa shape index (κ3) is 2.17. The predicted molar refractivity (Wildman–Crippen MR) is 68.2 cm³/mol. The molecular formula is C12H11ClN2O2. The Morgan fingerprint density at radius 3 is 2.94 bits per heavy atom. The molecule has 0 atom stereocenters. The van der Waals surface area contributed by atoms with Gasteiger partial charge in [-0.25, -0.2) is 0 Å². The highest BCUT2D eigenvalue weighted by atomic mass is 35.5. The van der Waals surface area contributed by atoms with E-state index in [9.17, 15) is 10.1 Å². The van der Waals surface area contributed by atoms with Gasteiger partial charge >= 0.3 is 0 Å². The van der Waals surface area contributed by atoms with Gasteiger partial charge in [-0.3, -0.25) is 10.1 Å². The fourth-order valence-electron chi connectivity index (χ4n) is 1.82. The van der Waals surface area contributed by atoms with E-state index in [1.807, 2.05) is 29.8 Å². The maximum atomic E-state index is 11.0. The molecule has 0 N–H and O–H groups in total. The van der Waals surface area contributed by atoms with Crippen LogP contribution in [0.4, 0.5) is 5.69 Å². The number of halogens is 1. The summed E-state index contributed by atoms with van der Waals surface area (Å²) in [4.78, 5) is 10.6. The lowest BCUT2D eigenvalue weighted by molar-refractivity contribution is -0.383. The first-order chi connectivity index (χ1) is 8.13. The Kier molecular flexibility index (Phi) is 3.15. The molecule has 5 heteroatoms. The van der Waals surface area contributed by atoms with Crippen LogP contribution in [0.25, 0.3) is 10.9 Å². The van der Waals surface area contributed by atoms with Crippen LogP contribution in [0.15, 0.2) is 41.6 Å². The summed E-state index contributed by atoms with van der Waals surface area (Å²) in [7, 11) is 0. The zero-order valence-electron chi connectivity index (χ0n) is 9.26. The second-order valence-corrected chi connectivity index (χ2v) is 4.09. The van der Waals surface area contributed by atoms with Gasteiger partial charge in [0.1, 0.15) is 5.52 Å². The van der Waals surface area contributed by atoms with Crippen molar-refractivity contribution in [3.8, 4) is 0 Å². The number of hydrogen-bond acceptors (Lipinski definition) is 2. The fraction of sp³-hybridized carbons (Fsp3) is 0.167. The Labute approximate surface area is 103 Å². The Morgan fingerprint density at radius 1 is 1.53 bits per heavy atom. The van der Waals surface area contributed by atoms with Crippen molar-refractivity contribution in [3.05, 3.63) is 51.7 Å². The molecule has 1 heterocycles. The highest BCUT2D eigenvalue weighted by molar-refractivity contribution is 6.25. The first-order valence-corrected chi connectivity index (χ1v) is 5.55. The standard InChI is InChI=1S/C12H11ClN2O2/c1-9(7-13)8-14-6-5-10-3-2-4-11(12(10)14)15(16)17/h2-7H,8H2,1H3/b9-7-. The predicted octanol–water partition coefficient (Wildman–Crippen LogP) is 3.69. The number of allylic oxidation sites excluding steroid dienone is 1. The van der Waals surface area contributed by atoms with Crippen LogP contribution in [0.1, 0.15) is 6.92 Å².